The van der Waals surface area contributed by atoms with Crippen LogP contribution in [0, 0.1) is 12.7 Å². The van der Waals surface area contributed by atoms with Crippen molar-refractivity contribution in [3.63, 3.8) is 0 Å². The summed E-state index contributed by atoms with van der Waals surface area (Å²) in [4.78, 5) is 29.2. The van der Waals surface area contributed by atoms with Crippen LogP contribution in [0.25, 0.3) is 16.6 Å². The molecule has 4 aromatic rings. The molecule has 3 aromatic heterocycles. The summed E-state index contributed by atoms with van der Waals surface area (Å²) in [5, 5.41) is 2.71. The number of hydrogen-bond acceptors (Lipinski definition) is 3. The summed E-state index contributed by atoms with van der Waals surface area (Å²) in [6.45, 7) is 2.05. The van der Waals surface area contributed by atoms with Gasteiger partial charge in [0.2, 0.25) is 5.91 Å². The van der Waals surface area contributed by atoms with Gasteiger partial charge >= 0.3 is 0 Å². The van der Waals surface area contributed by atoms with Crippen LogP contribution < -0.4 is 10.9 Å². The maximum atomic E-state index is 13.8. The first-order valence-corrected chi connectivity index (χ1v) is 8.54. The highest BCUT2D eigenvalue weighted by Crippen LogP contribution is 2.17. The maximum absolute atomic E-state index is 13.8. The van der Waals surface area contributed by atoms with Gasteiger partial charge in [0.25, 0.3) is 5.56 Å². The molecule has 4 rings (SSSR count). The average Bonchev–Trinajstić information content (AvgIpc) is 3.13. The lowest BCUT2D eigenvalue weighted by Gasteiger charge is -2.13. The SMILES string of the molecule is Cc1ccc(NC(=O)CCn2c(=O)c3cccn3c3ccc(F)cc32)nc1. The van der Waals surface area contributed by atoms with Crippen molar-refractivity contribution in [2.75, 3.05) is 5.32 Å². The van der Waals surface area contributed by atoms with E-state index in [0.29, 0.717) is 22.4 Å². The van der Waals surface area contributed by atoms with Crippen LogP contribution in [0.3, 0.4) is 0 Å². The van der Waals surface area contributed by atoms with Gasteiger partial charge in [-0.3, -0.25) is 9.59 Å². The lowest BCUT2D eigenvalue weighted by atomic mass is 10.2. The second-order valence-corrected chi connectivity index (χ2v) is 6.37. The van der Waals surface area contributed by atoms with Gasteiger partial charge in [0.1, 0.15) is 17.2 Å². The van der Waals surface area contributed by atoms with Gasteiger partial charge in [-0.05, 0) is 48.9 Å². The quantitative estimate of drug-likeness (QED) is 0.605. The van der Waals surface area contributed by atoms with Crippen molar-refractivity contribution >= 4 is 28.3 Å². The molecule has 1 amide bonds. The molecular formula is C20H17FN4O2. The Bertz CT molecular complexity index is 1210. The largest absolute Gasteiger partial charge is 0.311 e. The van der Waals surface area contributed by atoms with Crippen LogP contribution in [0.5, 0.6) is 0 Å². The summed E-state index contributed by atoms with van der Waals surface area (Å²) in [6, 6.07) is 11.3. The van der Waals surface area contributed by atoms with E-state index in [1.807, 2.05) is 13.0 Å². The van der Waals surface area contributed by atoms with Crippen LogP contribution in [0.15, 0.2) is 59.7 Å². The summed E-state index contributed by atoms with van der Waals surface area (Å²) in [5.41, 5.74) is 2.36. The fraction of sp³-hybridized carbons (Fsp3) is 0.150. The first-order valence-electron chi connectivity index (χ1n) is 8.54. The van der Waals surface area contributed by atoms with Crippen molar-refractivity contribution in [3.05, 3.63) is 76.6 Å². The molecule has 0 aliphatic rings. The van der Waals surface area contributed by atoms with Crippen molar-refractivity contribution in [1.82, 2.24) is 14.0 Å². The second-order valence-electron chi connectivity index (χ2n) is 6.37. The minimum absolute atomic E-state index is 0.0674. The number of anilines is 1. The molecule has 0 saturated carbocycles. The molecule has 0 atom stereocenters. The van der Waals surface area contributed by atoms with E-state index in [1.165, 1.54) is 16.7 Å². The van der Waals surface area contributed by atoms with Crippen LogP contribution in [-0.2, 0) is 11.3 Å². The van der Waals surface area contributed by atoms with E-state index in [2.05, 4.69) is 10.3 Å². The molecule has 136 valence electrons. The van der Waals surface area contributed by atoms with Crippen LogP contribution in [0.2, 0.25) is 0 Å². The molecule has 27 heavy (non-hydrogen) atoms. The van der Waals surface area contributed by atoms with E-state index in [0.717, 1.165) is 5.56 Å². The third-order valence-electron chi connectivity index (χ3n) is 4.44. The Labute approximate surface area is 153 Å². The average molecular weight is 364 g/mol. The normalized spacial score (nSPS) is 11.2. The smallest absolute Gasteiger partial charge is 0.275 e. The number of hydrogen-bond donors (Lipinski definition) is 1. The summed E-state index contributed by atoms with van der Waals surface area (Å²) < 4.78 is 16.9. The Morgan fingerprint density at radius 3 is 2.78 bits per heavy atom. The zero-order valence-electron chi connectivity index (χ0n) is 14.6. The van der Waals surface area contributed by atoms with Gasteiger partial charge in [0.05, 0.1) is 11.0 Å². The van der Waals surface area contributed by atoms with Crippen molar-refractivity contribution in [3.8, 4) is 0 Å². The van der Waals surface area contributed by atoms with Gasteiger partial charge in [-0.1, -0.05) is 6.07 Å². The molecule has 3 heterocycles. The highest BCUT2D eigenvalue weighted by molar-refractivity contribution is 5.89. The summed E-state index contributed by atoms with van der Waals surface area (Å²) in [6.07, 6.45) is 3.49. The molecule has 0 fully saturated rings. The highest BCUT2D eigenvalue weighted by atomic mass is 19.1. The van der Waals surface area contributed by atoms with Gasteiger partial charge in [-0.2, -0.15) is 0 Å². The number of rotatable bonds is 4. The first kappa shape index (κ1) is 17.0. The number of halogens is 1. The fourth-order valence-electron chi connectivity index (χ4n) is 3.11. The number of benzene rings is 1. The zero-order chi connectivity index (χ0) is 19.0. The lowest BCUT2D eigenvalue weighted by molar-refractivity contribution is -0.116. The van der Waals surface area contributed by atoms with Crippen molar-refractivity contribution in [2.24, 2.45) is 0 Å². The fourth-order valence-corrected chi connectivity index (χ4v) is 3.11. The first-order chi connectivity index (χ1) is 13.0. The molecular weight excluding hydrogens is 347 g/mol. The Morgan fingerprint density at radius 2 is 2.00 bits per heavy atom. The lowest BCUT2D eigenvalue weighted by Crippen LogP contribution is -2.25. The summed E-state index contributed by atoms with van der Waals surface area (Å²) in [7, 11) is 0. The minimum atomic E-state index is -0.435. The van der Waals surface area contributed by atoms with E-state index in [1.54, 1.807) is 41.1 Å². The van der Waals surface area contributed by atoms with E-state index in [-0.39, 0.29) is 24.4 Å². The minimum Gasteiger partial charge on any atom is -0.311 e. The number of nitrogens with zero attached hydrogens (tertiary/aromatic N) is 3. The Morgan fingerprint density at radius 1 is 1.15 bits per heavy atom. The maximum Gasteiger partial charge on any atom is 0.275 e. The van der Waals surface area contributed by atoms with Crippen LogP contribution in [0.4, 0.5) is 10.2 Å². The van der Waals surface area contributed by atoms with E-state index < -0.39 is 5.82 Å². The molecule has 0 unspecified atom stereocenters. The molecule has 6 nitrogen and oxygen atoms in total. The summed E-state index contributed by atoms with van der Waals surface area (Å²) in [5.74, 6) is -0.246. The molecule has 0 aliphatic heterocycles. The van der Waals surface area contributed by atoms with Gasteiger partial charge in [-0.25, -0.2) is 9.37 Å². The number of pyridine rings is 1. The van der Waals surface area contributed by atoms with E-state index >= 15 is 0 Å². The third kappa shape index (κ3) is 3.19. The van der Waals surface area contributed by atoms with Crippen molar-refractivity contribution < 1.29 is 9.18 Å². The van der Waals surface area contributed by atoms with E-state index in [4.69, 9.17) is 0 Å². The van der Waals surface area contributed by atoms with Crippen LogP contribution in [0.1, 0.15) is 12.0 Å². The second kappa shape index (κ2) is 6.68. The van der Waals surface area contributed by atoms with Gasteiger partial charge < -0.3 is 14.3 Å². The third-order valence-corrected chi connectivity index (χ3v) is 4.44. The molecule has 0 saturated heterocycles. The molecule has 0 aliphatic carbocycles. The van der Waals surface area contributed by atoms with Gasteiger partial charge in [-0.15, -0.1) is 0 Å². The van der Waals surface area contributed by atoms with Crippen LogP contribution >= 0.6 is 0 Å². The Balaban J connectivity index is 1.65. The van der Waals surface area contributed by atoms with Crippen molar-refractivity contribution in [1.29, 1.82) is 0 Å². The molecule has 7 heteroatoms. The number of aryl methyl sites for hydroxylation is 2. The van der Waals surface area contributed by atoms with Crippen molar-refractivity contribution in [2.45, 2.75) is 19.9 Å². The van der Waals surface area contributed by atoms with Crippen LogP contribution in [-0.4, -0.2) is 19.9 Å². The zero-order valence-corrected chi connectivity index (χ0v) is 14.6. The standard InChI is InChI=1S/C20H17FN4O2/c1-13-4-7-18(22-12-13)23-19(26)8-10-25-17-11-14(21)5-6-15(17)24-9-2-3-16(24)20(25)27/h2-7,9,11-12H,8,10H2,1H3,(H,22,23,26). The number of carbonyl (C=O) groups is 1. The number of carbonyl (C=O) groups excluding carboxylic acids is 1. The number of nitrogens with one attached hydrogen (secondary N) is 1. The number of aromatic nitrogens is 3. The number of fused-ring (bicyclic) bond motifs is 3. The predicted molar refractivity (Wildman–Crippen MR) is 101 cm³/mol. The highest BCUT2D eigenvalue weighted by Gasteiger charge is 2.13. The molecule has 1 aromatic carbocycles. The molecule has 0 spiro atoms. The number of amides is 1. The summed E-state index contributed by atoms with van der Waals surface area (Å²) >= 11 is 0. The molecule has 1 N–H and O–H groups in total. The Kier molecular flexibility index (Phi) is 4.19. The monoisotopic (exact) mass is 364 g/mol. The molecule has 0 bridgehead atoms. The molecule has 0 radical (unpaired) electrons. The van der Waals surface area contributed by atoms with E-state index in [9.17, 15) is 14.0 Å². The Hall–Kier alpha value is -3.48. The topological polar surface area (TPSA) is 68.4 Å². The van der Waals surface area contributed by atoms with Gasteiger partial charge in [0, 0.05) is 25.4 Å². The van der Waals surface area contributed by atoms with Gasteiger partial charge in [0.15, 0.2) is 0 Å². The predicted octanol–water partition coefficient (Wildman–Crippen LogP) is 3.13.